The van der Waals surface area contributed by atoms with E-state index in [4.69, 9.17) is 0 Å². The van der Waals surface area contributed by atoms with Gasteiger partial charge in [0.25, 0.3) is 0 Å². The summed E-state index contributed by atoms with van der Waals surface area (Å²) in [6.45, 7) is 4.44. The number of anilines is 2. The van der Waals surface area contributed by atoms with Crippen LogP contribution in [-0.2, 0) is 0 Å². The van der Waals surface area contributed by atoms with Crippen molar-refractivity contribution in [3.05, 3.63) is 12.4 Å². The number of hydrogen-bond donors (Lipinski definition) is 2. The molecule has 0 amide bonds. The first-order chi connectivity index (χ1) is 7.12. The van der Waals surface area contributed by atoms with Crippen molar-refractivity contribution in [2.45, 2.75) is 32.2 Å². The molecule has 1 aliphatic rings. The smallest absolute Gasteiger partial charge is 0.147 e. The van der Waals surface area contributed by atoms with Gasteiger partial charge in [0, 0.05) is 12.6 Å². The van der Waals surface area contributed by atoms with Crippen LogP contribution in [-0.4, -0.2) is 22.6 Å². The minimum absolute atomic E-state index is 0.126. The highest BCUT2D eigenvalue weighted by molar-refractivity contribution is 5.43. The molecule has 2 rings (SSSR count). The summed E-state index contributed by atoms with van der Waals surface area (Å²) in [5, 5.41) is 6.43. The number of rotatable bonds is 4. The molecule has 1 fully saturated rings. The zero-order chi connectivity index (χ0) is 10.9. The van der Waals surface area contributed by atoms with Crippen molar-refractivity contribution in [3.8, 4) is 0 Å². The van der Waals surface area contributed by atoms with Gasteiger partial charge in [0.2, 0.25) is 0 Å². The predicted octanol–water partition coefficient (Wildman–Crippen LogP) is 2.12. The molecule has 4 nitrogen and oxygen atoms in total. The van der Waals surface area contributed by atoms with E-state index in [2.05, 4.69) is 34.4 Å². The molecule has 0 saturated heterocycles. The van der Waals surface area contributed by atoms with Crippen molar-refractivity contribution in [1.82, 2.24) is 9.97 Å². The molecule has 0 spiro atoms. The zero-order valence-electron chi connectivity index (χ0n) is 9.54. The molecule has 1 aromatic heterocycles. The number of nitrogens with zero attached hydrogens (tertiary/aromatic N) is 2. The van der Waals surface area contributed by atoms with E-state index in [0.29, 0.717) is 0 Å². The molecule has 0 atom stereocenters. The molecule has 1 saturated carbocycles. The fraction of sp³-hybridized carbons (Fsp3) is 0.636. The summed E-state index contributed by atoms with van der Waals surface area (Å²) in [4.78, 5) is 8.53. The summed E-state index contributed by atoms with van der Waals surface area (Å²) in [6.07, 6.45) is 6.12. The van der Waals surface area contributed by atoms with Crippen LogP contribution in [0.25, 0.3) is 0 Å². The van der Waals surface area contributed by atoms with Crippen LogP contribution in [0.15, 0.2) is 12.4 Å². The Bertz CT molecular complexity index is 344. The largest absolute Gasteiger partial charge is 0.372 e. The van der Waals surface area contributed by atoms with Crippen molar-refractivity contribution in [2.75, 3.05) is 17.7 Å². The highest BCUT2D eigenvalue weighted by Gasteiger charge is 2.37. The summed E-state index contributed by atoms with van der Waals surface area (Å²) in [7, 11) is 1.85. The van der Waals surface area contributed by atoms with Crippen LogP contribution in [0.2, 0.25) is 0 Å². The maximum absolute atomic E-state index is 4.40. The number of aromatic nitrogens is 2. The Kier molecular flexibility index (Phi) is 2.50. The number of hydrogen-bond acceptors (Lipinski definition) is 4. The van der Waals surface area contributed by atoms with Gasteiger partial charge < -0.3 is 10.6 Å². The van der Waals surface area contributed by atoms with Crippen molar-refractivity contribution in [2.24, 2.45) is 5.92 Å². The average Bonchev–Trinajstić information content (AvgIpc) is 3.00. The predicted molar refractivity (Wildman–Crippen MR) is 62.0 cm³/mol. The molecule has 0 bridgehead atoms. The first-order valence-corrected chi connectivity index (χ1v) is 5.40. The van der Waals surface area contributed by atoms with Crippen LogP contribution in [0.1, 0.15) is 26.7 Å². The molecule has 0 aliphatic heterocycles. The Balaban J connectivity index is 2.09. The average molecular weight is 206 g/mol. The molecule has 0 aromatic carbocycles. The van der Waals surface area contributed by atoms with Crippen LogP contribution in [0.4, 0.5) is 11.6 Å². The van der Waals surface area contributed by atoms with Gasteiger partial charge in [-0.3, -0.25) is 4.98 Å². The Morgan fingerprint density at radius 3 is 2.53 bits per heavy atom. The number of nitrogens with one attached hydrogen (secondary N) is 2. The van der Waals surface area contributed by atoms with E-state index in [1.54, 1.807) is 12.4 Å². The van der Waals surface area contributed by atoms with E-state index in [0.717, 1.165) is 17.6 Å². The van der Waals surface area contributed by atoms with Crippen LogP contribution < -0.4 is 10.6 Å². The van der Waals surface area contributed by atoms with Crippen molar-refractivity contribution >= 4 is 11.6 Å². The topological polar surface area (TPSA) is 49.8 Å². The van der Waals surface area contributed by atoms with Gasteiger partial charge in [-0.25, -0.2) is 4.98 Å². The van der Waals surface area contributed by atoms with E-state index in [1.807, 2.05) is 7.05 Å². The van der Waals surface area contributed by atoms with Crippen molar-refractivity contribution < 1.29 is 0 Å². The summed E-state index contributed by atoms with van der Waals surface area (Å²) < 4.78 is 0. The van der Waals surface area contributed by atoms with Gasteiger partial charge in [0.05, 0.1) is 12.4 Å². The summed E-state index contributed by atoms with van der Waals surface area (Å²) in [5.41, 5.74) is 0.126. The van der Waals surface area contributed by atoms with Crippen molar-refractivity contribution in [3.63, 3.8) is 0 Å². The van der Waals surface area contributed by atoms with E-state index in [-0.39, 0.29) is 5.54 Å². The van der Waals surface area contributed by atoms with Gasteiger partial charge in [0.15, 0.2) is 0 Å². The molecular weight excluding hydrogens is 188 g/mol. The highest BCUT2D eigenvalue weighted by atomic mass is 15.1. The Hall–Kier alpha value is -1.32. The van der Waals surface area contributed by atoms with Gasteiger partial charge in [0.1, 0.15) is 11.6 Å². The molecule has 1 heterocycles. The molecule has 1 aliphatic carbocycles. The minimum Gasteiger partial charge on any atom is -0.372 e. The quantitative estimate of drug-likeness (QED) is 0.792. The van der Waals surface area contributed by atoms with Gasteiger partial charge in [-0.1, -0.05) is 0 Å². The molecule has 4 heteroatoms. The van der Waals surface area contributed by atoms with Crippen LogP contribution in [0, 0.1) is 5.92 Å². The summed E-state index contributed by atoms with van der Waals surface area (Å²) in [5.74, 6) is 2.42. The molecule has 82 valence electrons. The molecular formula is C11H18N4. The molecule has 15 heavy (non-hydrogen) atoms. The lowest BCUT2D eigenvalue weighted by Gasteiger charge is -2.26. The lowest BCUT2D eigenvalue weighted by atomic mass is 9.99. The molecule has 0 radical (unpaired) electrons. The fourth-order valence-electron chi connectivity index (χ4n) is 1.78. The second-order valence-electron chi connectivity index (χ2n) is 4.66. The SMILES string of the molecule is CNc1cncc(NC(C)(C)C2CC2)n1. The molecule has 0 unspecified atom stereocenters. The molecule has 1 aromatic rings. The maximum Gasteiger partial charge on any atom is 0.147 e. The lowest BCUT2D eigenvalue weighted by Crippen LogP contribution is -2.33. The third-order valence-corrected chi connectivity index (χ3v) is 2.94. The van der Waals surface area contributed by atoms with E-state index in [1.165, 1.54) is 12.8 Å². The summed E-state index contributed by atoms with van der Waals surface area (Å²) in [6, 6.07) is 0. The molecule has 2 N–H and O–H groups in total. The zero-order valence-corrected chi connectivity index (χ0v) is 9.54. The highest BCUT2D eigenvalue weighted by Crippen LogP contribution is 2.40. The monoisotopic (exact) mass is 206 g/mol. The Labute approximate surface area is 90.5 Å². The van der Waals surface area contributed by atoms with Gasteiger partial charge in [-0.05, 0) is 32.6 Å². The first kappa shape index (κ1) is 10.2. The third-order valence-electron chi connectivity index (χ3n) is 2.94. The first-order valence-electron chi connectivity index (χ1n) is 5.40. The standard InChI is InChI=1S/C11H18N4/c1-11(2,8-4-5-8)15-10-7-13-6-9(12-3)14-10/h6-8H,4-5H2,1-3H3,(H2,12,14,15). The van der Waals surface area contributed by atoms with Gasteiger partial charge >= 0.3 is 0 Å². The van der Waals surface area contributed by atoms with Crippen LogP contribution in [0.5, 0.6) is 0 Å². The van der Waals surface area contributed by atoms with Gasteiger partial charge in [-0.2, -0.15) is 0 Å². The lowest BCUT2D eigenvalue weighted by molar-refractivity contribution is 0.492. The van der Waals surface area contributed by atoms with Crippen LogP contribution >= 0.6 is 0 Å². The second kappa shape index (κ2) is 3.68. The maximum atomic E-state index is 4.40. The van der Waals surface area contributed by atoms with Crippen molar-refractivity contribution in [1.29, 1.82) is 0 Å². The summed E-state index contributed by atoms with van der Waals surface area (Å²) >= 11 is 0. The third kappa shape index (κ3) is 2.37. The van der Waals surface area contributed by atoms with E-state index in [9.17, 15) is 0 Å². The van der Waals surface area contributed by atoms with E-state index >= 15 is 0 Å². The minimum atomic E-state index is 0.126. The Morgan fingerprint density at radius 2 is 1.93 bits per heavy atom. The second-order valence-corrected chi connectivity index (χ2v) is 4.66. The normalized spacial score (nSPS) is 16.2. The van der Waals surface area contributed by atoms with Gasteiger partial charge in [-0.15, -0.1) is 0 Å². The van der Waals surface area contributed by atoms with E-state index < -0.39 is 0 Å². The van der Waals surface area contributed by atoms with Crippen LogP contribution in [0.3, 0.4) is 0 Å². The fourth-order valence-corrected chi connectivity index (χ4v) is 1.78. The Morgan fingerprint density at radius 1 is 1.27 bits per heavy atom.